The first-order chi connectivity index (χ1) is 12.5. The summed E-state index contributed by atoms with van der Waals surface area (Å²) in [5, 5.41) is 8.79. The lowest BCUT2D eigenvalue weighted by Gasteiger charge is -2.49. The second kappa shape index (κ2) is 8.22. The molecule has 0 radical (unpaired) electrons. The zero-order valence-corrected chi connectivity index (χ0v) is 15.9. The highest BCUT2D eigenvalue weighted by Crippen LogP contribution is 2.32. The Kier molecular flexibility index (Phi) is 5.98. The van der Waals surface area contributed by atoms with E-state index in [1.54, 1.807) is 0 Å². The molecule has 1 aromatic carbocycles. The van der Waals surface area contributed by atoms with Crippen molar-refractivity contribution in [3.05, 3.63) is 35.4 Å². The Morgan fingerprint density at radius 2 is 1.88 bits per heavy atom. The predicted octanol–water partition coefficient (Wildman–Crippen LogP) is 1.16. The number of rotatable bonds is 2. The highest BCUT2D eigenvalue weighted by atomic mass is 16.2. The second-order valence-corrected chi connectivity index (χ2v) is 7.58. The maximum atomic E-state index is 12.1. The molecule has 1 atom stereocenters. The Bertz CT molecular complexity index is 691. The average molecular weight is 355 g/mol. The number of aliphatic hydroxyl groups is 1. The Morgan fingerprint density at radius 3 is 2.62 bits per heavy atom. The van der Waals surface area contributed by atoms with Crippen molar-refractivity contribution in [3.8, 4) is 11.8 Å². The molecule has 1 aromatic rings. The number of amides is 1. The molecule has 5 nitrogen and oxygen atoms in total. The van der Waals surface area contributed by atoms with E-state index in [2.05, 4.69) is 40.8 Å². The van der Waals surface area contributed by atoms with Gasteiger partial charge in [-0.2, -0.15) is 0 Å². The summed E-state index contributed by atoms with van der Waals surface area (Å²) in [6.45, 7) is 4.76. The lowest BCUT2D eigenvalue weighted by atomic mass is 9.86. The predicted molar refractivity (Wildman–Crippen MR) is 103 cm³/mol. The van der Waals surface area contributed by atoms with Crippen LogP contribution in [0.25, 0.3) is 0 Å². The van der Waals surface area contributed by atoms with Gasteiger partial charge in [0.2, 0.25) is 5.91 Å². The molecule has 2 saturated heterocycles. The van der Waals surface area contributed by atoms with Crippen molar-refractivity contribution in [3.63, 3.8) is 0 Å². The minimum Gasteiger partial charge on any atom is -0.384 e. The number of hydrogen-bond acceptors (Lipinski definition) is 4. The quantitative estimate of drug-likeness (QED) is 0.809. The summed E-state index contributed by atoms with van der Waals surface area (Å²) in [6.07, 6.45) is 2.63. The van der Waals surface area contributed by atoms with Gasteiger partial charge in [0.05, 0.1) is 0 Å². The van der Waals surface area contributed by atoms with E-state index in [-0.39, 0.29) is 18.1 Å². The molecule has 2 fully saturated rings. The molecule has 26 heavy (non-hydrogen) atoms. The van der Waals surface area contributed by atoms with Crippen LogP contribution in [0.5, 0.6) is 0 Å². The maximum Gasteiger partial charge on any atom is 0.222 e. The first-order valence-corrected chi connectivity index (χ1v) is 9.39. The third kappa shape index (κ3) is 4.27. The van der Waals surface area contributed by atoms with Crippen LogP contribution in [0.3, 0.4) is 0 Å². The summed E-state index contributed by atoms with van der Waals surface area (Å²) in [5.41, 5.74) is 2.31. The highest BCUT2D eigenvalue weighted by Gasteiger charge is 2.41. The van der Waals surface area contributed by atoms with Gasteiger partial charge in [-0.05, 0) is 37.6 Å². The van der Waals surface area contributed by atoms with Crippen molar-refractivity contribution < 1.29 is 9.90 Å². The summed E-state index contributed by atoms with van der Waals surface area (Å²) in [7, 11) is 4.13. The highest BCUT2D eigenvalue weighted by molar-refractivity contribution is 5.76. The summed E-state index contributed by atoms with van der Waals surface area (Å²) in [4.78, 5) is 19.0. The molecule has 2 aliphatic rings. The van der Waals surface area contributed by atoms with Crippen LogP contribution in [0.15, 0.2) is 24.3 Å². The molecule has 0 aromatic heterocycles. The molecule has 5 heteroatoms. The SMILES string of the molecule is CN1CC[C@]2(CCC1=O)CN(Cc1ccc(C#CCO)cc1)CCN2C. The van der Waals surface area contributed by atoms with Crippen LogP contribution in [-0.2, 0) is 11.3 Å². The van der Waals surface area contributed by atoms with Gasteiger partial charge >= 0.3 is 0 Å². The molecule has 1 amide bonds. The first kappa shape index (κ1) is 18.9. The Morgan fingerprint density at radius 1 is 1.12 bits per heavy atom. The van der Waals surface area contributed by atoms with Gasteiger partial charge in [0.25, 0.3) is 0 Å². The third-order valence-corrected chi connectivity index (χ3v) is 5.89. The topological polar surface area (TPSA) is 47.0 Å². The largest absolute Gasteiger partial charge is 0.384 e. The fraction of sp³-hybridized carbons (Fsp3) is 0.571. The molecule has 0 bridgehead atoms. The summed E-state index contributed by atoms with van der Waals surface area (Å²) in [6, 6.07) is 8.28. The van der Waals surface area contributed by atoms with Crippen LogP contribution >= 0.6 is 0 Å². The number of carbonyl (C=O) groups is 1. The van der Waals surface area contributed by atoms with Crippen LogP contribution in [0.2, 0.25) is 0 Å². The van der Waals surface area contributed by atoms with Gasteiger partial charge in [-0.15, -0.1) is 0 Å². The van der Waals surface area contributed by atoms with E-state index in [1.807, 2.05) is 24.1 Å². The minimum atomic E-state index is -0.108. The van der Waals surface area contributed by atoms with Crippen molar-refractivity contribution >= 4 is 5.91 Å². The minimum absolute atomic E-state index is 0.102. The average Bonchev–Trinajstić information content (AvgIpc) is 2.79. The Hall–Kier alpha value is -1.87. The van der Waals surface area contributed by atoms with Crippen molar-refractivity contribution in [1.82, 2.24) is 14.7 Å². The van der Waals surface area contributed by atoms with Crippen LogP contribution < -0.4 is 0 Å². The van der Waals surface area contributed by atoms with Crippen molar-refractivity contribution in [2.24, 2.45) is 0 Å². The molecule has 3 rings (SSSR count). The molecule has 0 aliphatic carbocycles. The van der Waals surface area contributed by atoms with E-state index in [4.69, 9.17) is 5.11 Å². The van der Waals surface area contributed by atoms with E-state index in [0.717, 1.165) is 51.1 Å². The molecule has 0 unspecified atom stereocenters. The number of benzene rings is 1. The molecular formula is C21H29N3O2. The molecular weight excluding hydrogens is 326 g/mol. The van der Waals surface area contributed by atoms with Crippen LogP contribution in [-0.4, -0.2) is 78.1 Å². The summed E-state index contributed by atoms with van der Waals surface area (Å²) < 4.78 is 0. The number of likely N-dealkylation sites (tertiary alicyclic amines) is 1. The fourth-order valence-corrected chi connectivity index (χ4v) is 4.07. The zero-order chi connectivity index (χ0) is 18.6. The molecule has 140 valence electrons. The van der Waals surface area contributed by atoms with Crippen LogP contribution in [0.1, 0.15) is 30.4 Å². The van der Waals surface area contributed by atoms with Gasteiger partial charge < -0.3 is 10.0 Å². The zero-order valence-electron chi connectivity index (χ0n) is 15.9. The molecule has 1 spiro atoms. The first-order valence-electron chi connectivity index (χ1n) is 9.39. The number of hydrogen-bond donors (Lipinski definition) is 1. The summed E-state index contributed by atoms with van der Waals surface area (Å²) in [5.74, 6) is 5.89. The van der Waals surface area contributed by atoms with Crippen LogP contribution in [0, 0.1) is 11.8 Å². The Balaban J connectivity index is 1.67. The third-order valence-electron chi connectivity index (χ3n) is 5.89. The van der Waals surface area contributed by atoms with E-state index in [0.29, 0.717) is 6.42 Å². The van der Waals surface area contributed by atoms with Gasteiger partial charge in [-0.25, -0.2) is 0 Å². The number of nitrogens with zero attached hydrogens (tertiary/aromatic N) is 3. The van der Waals surface area contributed by atoms with Crippen molar-refractivity contribution in [2.75, 3.05) is 46.9 Å². The van der Waals surface area contributed by atoms with Gasteiger partial charge in [0, 0.05) is 57.3 Å². The number of carbonyl (C=O) groups excluding carboxylic acids is 1. The fourth-order valence-electron chi connectivity index (χ4n) is 4.07. The van der Waals surface area contributed by atoms with E-state index in [1.165, 1.54) is 5.56 Å². The standard InChI is InChI=1S/C21H29N3O2/c1-22-12-11-21(10-9-20(22)26)17-24(14-13-23(21)2)16-19-7-5-18(6-8-19)4-3-15-25/h5-8,25H,9-17H2,1-2H3/t21-/m1/s1. The van der Waals surface area contributed by atoms with Gasteiger partial charge in [-0.3, -0.25) is 14.6 Å². The molecule has 2 heterocycles. The molecule has 2 aliphatic heterocycles. The Labute approximate surface area is 156 Å². The smallest absolute Gasteiger partial charge is 0.222 e. The number of aliphatic hydroxyl groups excluding tert-OH is 1. The van der Waals surface area contributed by atoms with Crippen molar-refractivity contribution in [2.45, 2.75) is 31.3 Å². The van der Waals surface area contributed by atoms with E-state index in [9.17, 15) is 4.79 Å². The molecule has 1 N–H and O–H groups in total. The van der Waals surface area contributed by atoms with Gasteiger partial charge in [-0.1, -0.05) is 24.0 Å². The molecule has 0 saturated carbocycles. The summed E-state index contributed by atoms with van der Waals surface area (Å²) >= 11 is 0. The monoisotopic (exact) mass is 355 g/mol. The van der Waals surface area contributed by atoms with Crippen LogP contribution in [0.4, 0.5) is 0 Å². The van der Waals surface area contributed by atoms with Crippen molar-refractivity contribution in [1.29, 1.82) is 0 Å². The lowest BCUT2D eigenvalue weighted by Crippen LogP contribution is -2.60. The second-order valence-electron chi connectivity index (χ2n) is 7.58. The lowest BCUT2D eigenvalue weighted by molar-refractivity contribution is -0.129. The van der Waals surface area contributed by atoms with E-state index >= 15 is 0 Å². The maximum absolute atomic E-state index is 12.1. The van der Waals surface area contributed by atoms with E-state index < -0.39 is 0 Å². The number of piperazine rings is 1. The van der Waals surface area contributed by atoms with Gasteiger partial charge in [0.15, 0.2) is 0 Å². The number of likely N-dealkylation sites (N-methyl/N-ethyl adjacent to an activating group) is 1. The van der Waals surface area contributed by atoms with Gasteiger partial charge in [0.1, 0.15) is 6.61 Å². The normalized spacial score (nSPS) is 25.0.